The van der Waals surface area contributed by atoms with Crippen molar-refractivity contribution in [3.05, 3.63) is 29.3 Å². The van der Waals surface area contributed by atoms with E-state index in [-0.39, 0.29) is 18.6 Å². The number of methoxy groups -OCH3 is 1. The molecular weight excluding hydrogens is 238 g/mol. The van der Waals surface area contributed by atoms with E-state index in [0.29, 0.717) is 11.8 Å². The highest BCUT2D eigenvalue weighted by molar-refractivity contribution is 5.40. The lowest BCUT2D eigenvalue weighted by molar-refractivity contribution is 0.164. The fourth-order valence-electron chi connectivity index (χ4n) is 2.34. The largest absolute Gasteiger partial charge is 0.496 e. The number of hydrogen-bond acceptors (Lipinski definition) is 3. The molecule has 0 aliphatic carbocycles. The Labute approximate surface area is 116 Å². The lowest BCUT2D eigenvalue weighted by Crippen LogP contribution is -2.29. The smallest absolute Gasteiger partial charge is 0.123 e. The van der Waals surface area contributed by atoms with Crippen molar-refractivity contribution >= 4 is 0 Å². The molecule has 1 aromatic rings. The molecule has 0 amide bonds. The first-order valence-corrected chi connectivity index (χ1v) is 6.96. The van der Waals surface area contributed by atoms with Gasteiger partial charge in [-0.1, -0.05) is 39.8 Å². The summed E-state index contributed by atoms with van der Waals surface area (Å²) in [7, 11) is 1.66. The van der Waals surface area contributed by atoms with Gasteiger partial charge in [-0.2, -0.15) is 0 Å². The van der Waals surface area contributed by atoms with Crippen molar-refractivity contribution in [3.63, 3.8) is 0 Å². The molecule has 1 rings (SSSR count). The second kappa shape index (κ2) is 6.92. The molecule has 0 radical (unpaired) electrons. The Hall–Kier alpha value is -1.06. The quantitative estimate of drug-likeness (QED) is 0.831. The minimum atomic E-state index is -0.210. The predicted octanol–water partition coefficient (Wildman–Crippen LogP) is 3.08. The Morgan fingerprint density at radius 1 is 1.21 bits per heavy atom. The highest BCUT2D eigenvalue weighted by Crippen LogP contribution is 2.33. The first-order chi connectivity index (χ1) is 8.92. The third kappa shape index (κ3) is 3.71. The van der Waals surface area contributed by atoms with Crippen molar-refractivity contribution in [3.8, 4) is 5.75 Å². The molecule has 0 spiro atoms. The predicted molar refractivity (Wildman–Crippen MR) is 79.4 cm³/mol. The van der Waals surface area contributed by atoms with Crippen LogP contribution in [0.5, 0.6) is 5.75 Å². The molecular formula is C16H27NO2. The van der Waals surface area contributed by atoms with E-state index in [1.54, 1.807) is 7.11 Å². The fourth-order valence-corrected chi connectivity index (χ4v) is 2.34. The zero-order valence-electron chi connectivity index (χ0n) is 12.7. The van der Waals surface area contributed by atoms with Gasteiger partial charge in [0.15, 0.2) is 0 Å². The summed E-state index contributed by atoms with van der Waals surface area (Å²) in [6.45, 7) is 8.57. The van der Waals surface area contributed by atoms with E-state index in [0.717, 1.165) is 11.3 Å². The monoisotopic (exact) mass is 265 g/mol. The molecule has 3 N–H and O–H groups in total. The van der Waals surface area contributed by atoms with Gasteiger partial charge in [-0.05, 0) is 23.5 Å². The Morgan fingerprint density at radius 3 is 2.26 bits per heavy atom. The van der Waals surface area contributed by atoms with Gasteiger partial charge in [0.05, 0.1) is 7.11 Å². The van der Waals surface area contributed by atoms with E-state index in [1.165, 1.54) is 5.56 Å². The summed E-state index contributed by atoms with van der Waals surface area (Å²) in [6, 6.07) is 5.94. The van der Waals surface area contributed by atoms with Gasteiger partial charge < -0.3 is 15.6 Å². The first kappa shape index (κ1) is 16.0. The zero-order valence-corrected chi connectivity index (χ0v) is 12.7. The number of aliphatic hydroxyl groups is 1. The molecule has 0 aliphatic heterocycles. The lowest BCUT2D eigenvalue weighted by Gasteiger charge is -2.27. The third-order valence-corrected chi connectivity index (χ3v) is 3.81. The maximum Gasteiger partial charge on any atom is 0.123 e. The van der Waals surface area contributed by atoms with E-state index in [2.05, 4.69) is 39.8 Å². The van der Waals surface area contributed by atoms with Crippen molar-refractivity contribution in [2.75, 3.05) is 13.7 Å². The van der Waals surface area contributed by atoms with Gasteiger partial charge in [0.1, 0.15) is 5.75 Å². The zero-order chi connectivity index (χ0) is 14.6. The summed E-state index contributed by atoms with van der Waals surface area (Å²) in [5.74, 6) is 1.61. The van der Waals surface area contributed by atoms with Gasteiger partial charge in [0.25, 0.3) is 0 Å². The molecule has 0 saturated carbocycles. The highest BCUT2D eigenvalue weighted by atomic mass is 16.5. The van der Waals surface area contributed by atoms with Crippen LogP contribution in [0.3, 0.4) is 0 Å². The van der Waals surface area contributed by atoms with Crippen LogP contribution in [0.15, 0.2) is 18.2 Å². The van der Waals surface area contributed by atoms with Crippen molar-refractivity contribution in [2.24, 2.45) is 17.6 Å². The lowest BCUT2D eigenvalue weighted by atomic mass is 9.84. The Kier molecular flexibility index (Phi) is 5.83. The Bertz CT molecular complexity index is 402. The standard InChI is InChI=1S/C16H27NO2/c1-10(2)12-6-7-15(19-5)13(8-12)16(17)14(9-18)11(3)4/h6-8,10-11,14,16,18H,9,17H2,1-5H3. The topological polar surface area (TPSA) is 55.5 Å². The molecule has 3 nitrogen and oxygen atoms in total. The van der Waals surface area contributed by atoms with E-state index in [9.17, 15) is 5.11 Å². The van der Waals surface area contributed by atoms with Gasteiger partial charge in [0, 0.05) is 24.1 Å². The number of aliphatic hydroxyl groups excluding tert-OH is 1. The number of rotatable bonds is 6. The molecule has 3 heteroatoms. The van der Waals surface area contributed by atoms with Crippen molar-refractivity contribution < 1.29 is 9.84 Å². The SMILES string of the molecule is COc1ccc(C(C)C)cc1C(N)C(CO)C(C)C. The summed E-state index contributed by atoms with van der Waals surface area (Å²) in [5, 5.41) is 9.55. The summed E-state index contributed by atoms with van der Waals surface area (Å²) < 4.78 is 5.41. The summed E-state index contributed by atoms with van der Waals surface area (Å²) in [4.78, 5) is 0. The van der Waals surface area contributed by atoms with Crippen LogP contribution in [0.1, 0.15) is 50.8 Å². The minimum Gasteiger partial charge on any atom is -0.496 e. The summed E-state index contributed by atoms with van der Waals surface area (Å²) in [6.07, 6.45) is 0. The van der Waals surface area contributed by atoms with Crippen LogP contribution in [0, 0.1) is 11.8 Å². The minimum absolute atomic E-state index is 0.0383. The third-order valence-electron chi connectivity index (χ3n) is 3.81. The number of nitrogens with two attached hydrogens (primary N) is 1. The second-order valence-corrected chi connectivity index (χ2v) is 5.77. The fraction of sp³-hybridized carbons (Fsp3) is 0.625. The molecule has 19 heavy (non-hydrogen) atoms. The van der Waals surface area contributed by atoms with Gasteiger partial charge >= 0.3 is 0 Å². The maximum atomic E-state index is 9.55. The molecule has 1 aromatic carbocycles. The maximum absolute atomic E-state index is 9.55. The van der Waals surface area contributed by atoms with Gasteiger partial charge in [-0.15, -0.1) is 0 Å². The molecule has 0 saturated heterocycles. The normalized spacial score (nSPS) is 14.8. The molecule has 0 aliphatic rings. The number of ether oxygens (including phenoxy) is 1. The average Bonchev–Trinajstić information content (AvgIpc) is 2.38. The van der Waals surface area contributed by atoms with Crippen LogP contribution in [0.25, 0.3) is 0 Å². The molecule has 0 heterocycles. The Morgan fingerprint density at radius 2 is 1.84 bits per heavy atom. The first-order valence-electron chi connectivity index (χ1n) is 6.96. The van der Waals surface area contributed by atoms with E-state index in [4.69, 9.17) is 10.5 Å². The van der Waals surface area contributed by atoms with Crippen LogP contribution in [0.2, 0.25) is 0 Å². The van der Waals surface area contributed by atoms with Crippen molar-refractivity contribution in [2.45, 2.75) is 39.7 Å². The molecule has 0 aromatic heterocycles. The van der Waals surface area contributed by atoms with Gasteiger partial charge in [-0.25, -0.2) is 0 Å². The van der Waals surface area contributed by atoms with Crippen molar-refractivity contribution in [1.82, 2.24) is 0 Å². The van der Waals surface area contributed by atoms with E-state index in [1.807, 2.05) is 6.07 Å². The van der Waals surface area contributed by atoms with E-state index >= 15 is 0 Å². The Balaban J connectivity index is 3.18. The second-order valence-electron chi connectivity index (χ2n) is 5.77. The van der Waals surface area contributed by atoms with Gasteiger partial charge in [-0.3, -0.25) is 0 Å². The highest BCUT2D eigenvalue weighted by Gasteiger charge is 2.25. The molecule has 2 atom stereocenters. The summed E-state index contributed by atoms with van der Waals surface area (Å²) in [5.41, 5.74) is 8.59. The molecule has 0 fully saturated rings. The average molecular weight is 265 g/mol. The van der Waals surface area contributed by atoms with Crippen molar-refractivity contribution in [1.29, 1.82) is 0 Å². The van der Waals surface area contributed by atoms with Crippen LogP contribution in [-0.2, 0) is 0 Å². The van der Waals surface area contributed by atoms with Gasteiger partial charge in [0.2, 0.25) is 0 Å². The van der Waals surface area contributed by atoms with E-state index < -0.39 is 0 Å². The summed E-state index contributed by atoms with van der Waals surface area (Å²) >= 11 is 0. The van der Waals surface area contributed by atoms with Crippen LogP contribution in [-0.4, -0.2) is 18.8 Å². The van der Waals surface area contributed by atoms with Crippen LogP contribution in [0.4, 0.5) is 0 Å². The molecule has 2 unspecified atom stereocenters. The molecule has 108 valence electrons. The number of hydrogen-bond donors (Lipinski definition) is 2. The number of benzene rings is 1. The molecule has 0 bridgehead atoms. The van der Waals surface area contributed by atoms with Crippen LogP contribution >= 0.6 is 0 Å². The van der Waals surface area contributed by atoms with Crippen LogP contribution < -0.4 is 10.5 Å².